The fourth-order valence-electron chi connectivity index (χ4n) is 0. The molecule has 22 heavy (non-hydrogen) atoms. The van der Waals surface area contributed by atoms with Crippen LogP contribution >= 0.6 is 0 Å². The second-order valence-corrected chi connectivity index (χ2v) is 1.41. The Hall–Kier alpha value is -1.65. The Morgan fingerprint density at radius 2 is 0.318 bits per heavy atom. The van der Waals surface area contributed by atoms with Crippen LogP contribution in [0.2, 0.25) is 0 Å². The summed E-state index contributed by atoms with van der Waals surface area (Å²) in [5.41, 5.74) is 0. The summed E-state index contributed by atoms with van der Waals surface area (Å²) in [6.07, 6.45) is -9.17. The van der Waals surface area contributed by atoms with Crippen molar-refractivity contribution >= 4 is 89.9 Å². The first-order valence-electron chi connectivity index (χ1n) is 3.26. The van der Waals surface area contributed by atoms with E-state index in [2.05, 4.69) is 0 Å². The molecule has 0 aliphatic carbocycles. The molecule has 0 aromatic carbocycles. The van der Waals surface area contributed by atoms with Gasteiger partial charge < -0.3 is 51.1 Å². The van der Waals surface area contributed by atoms with Crippen LogP contribution in [-0.4, -0.2) is 141 Å². The van der Waals surface area contributed by atoms with Gasteiger partial charge in [-0.05, 0) is 0 Å². The monoisotopic (exact) mass is 358 g/mol. The molecule has 124 valence electrons. The number of carbonyl (C=O) groups is 5. The minimum absolute atomic E-state index is 0. The standard InChI is InChI=1S/5CH2O3.2Na.2H/c5*2-1(3)4;;;;/h5*(H2,2,3,4);;;;. The Morgan fingerprint density at radius 3 is 0.318 bits per heavy atom. The Kier molecular flexibility index (Phi) is 71.0. The quantitative estimate of drug-likeness (QED) is 0.251. The van der Waals surface area contributed by atoms with Crippen molar-refractivity contribution in [2.24, 2.45) is 0 Å². The molecule has 0 radical (unpaired) electrons. The first kappa shape index (κ1) is 42.8. The first-order valence-corrected chi connectivity index (χ1v) is 3.26. The molecule has 0 atom stereocenters. The number of hydrogen-bond acceptors (Lipinski definition) is 5. The molecule has 17 heteroatoms. The van der Waals surface area contributed by atoms with Gasteiger partial charge in [-0.15, -0.1) is 0 Å². The van der Waals surface area contributed by atoms with Crippen molar-refractivity contribution in [2.75, 3.05) is 0 Å². The number of carboxylic acid groups (broad SMARTS) is 10. The van der Waals surface area contributed by atoms with Crippen LogP contribution in [0.4, 0.5) is 24.0 Å². The number of rotatable bonds is 0. The molecular formula is C5H12Na2O15. The molecule has 0 rings (SSSR count). The second kappa shape index (κ2) is 36.6. The van der Waals surface area contributed by atoms with Gasteiger partial charge in [0.25, 0.3) is 0 Å². The average Bonchev–Trinajstić information content (AvgIpc) is 1.94. The molecule has 0 amide bonds. The Balaban J connectivity index is -0.0000000250. The van der Waals surface area contributed by atoms with Gasteiger partial charge in [0, 0.05) is 0 Å². The third-order valence-electron chi connectivity index (χ3n) is 0. The van der Waals surface area contributed by atoms with Crippen LogP contribution in [-0.2, 0) is 0 Å². The van der Waals surface area contributed by atoms with E-state index in [1.165, 1.54) is 0 Å². The number of hydrogen-bond donors (Lipinski definition) is 10. The zero-order valence-electron chi connectivity index (χ0n) is 9.01. The van der Waals surface area contributed by atoms with E-state index in [1.807, 2.05) is 0 Å². The van der Waals surface area contributed by atoms with Gasteiger partial charge in [0.1, 0.15) is 0 Å². The molecule has 15 nitrogen and oxygen atoms in total. The van der Waals surface area contributed by atoms with Crippen molar-refractivity contribution in [3.63, 3.8) is 0 Å². The van der Waals surface area contributed by atoms with Gasteiger partial charge in [0.05, 0.1) is 0 Å². The van der Waals surface area contributed by atoms with Crippen LogP contribution in [0, 0.1) is 0 Å². The summed E-state index contributed by atoms with van der Waals surface area (Å²) >= 11 is 0. The van der Waals surface area contributed by atoms with E-state index in [9.17, 15) is 0 Å². The maximum absolute atomic E-state index is 8.56. The van der Waals surface area contributed by atoms with E-state index in [0.29, 0.717) is 0 Å². The van der Waals surface area contributed by atoms with Crippen LogP contribution in [0.15, 0.2) is 0 Å². The van der Waals surface area contributed by atoms with E-state index in [-0.39, 0.29) is 59.1 Å². The van der Waals surface area contributed by atoms with E-state index < -0.39 is 30.8 Å². The predicted molar refractivity (Wildman–Crippen MR) is 67.6 cm³/mol. The van der Waals surface area contributed by atoms with Crippen LogP contribution in [0.25, 0.3) is 0 Å². The Labute approximate surface area is 164 Å². The summed E-state index contributed by atoms with van der Waals surface area (Å²) in [7, 11) is 0. The van der Waals surface area contributed by atoms with Crippen molar-refractivity contribution in [3.8, 4) is 0 Å². The zero-order valence-corrected chi connectivity index (χ0v) is 9.01. The SMILES string of the molecule is O=C(O)O.O=C(O)O.O=C(O)O.O=C(O)O.O=C(O)O.[NaH].[NaH]. The molecule has 10 N–H and O–H groups in total. The summed E-state index contributed by atoms with van der Waals surface area (Å²) in [4.78, 5) is 42.8. The normalized spacial score (nSPS) is 5.45. The third kappa shape index (κ3) is 2030. The topological polar surface area (TPSA) is 288 Å². The van der Waals surface area contributed by atoms with Crippen molar-refractivity contribution in [1.82, 2.24) is 0 Å². The predicted octanol–water partition coefficient (Wildman–Crippen LogP) is -0.185. The van der Waals surface area contributed by atoms with E-state index in [4.69, 9.17) is 75.0 Å². The van der Waals surface area contributed by atoms with Gasteiger partial charge in [0.2, 0.25) is 0 Å². The molecular weight excluding hydrogens is 346 g/mol. The van der Waals surface area contributed by atoms with Crippen molar-refractivity contribution in [3.05, 3.63) is 0 Å². The van der Waals surface area contributed by atoms with Gasteiger partial charge in [-0.25, -0.2) is 24.0 Å². The molecule has 0 spiro atoms. The first-order chi connectivity index (χ1) is 8.66. The van der Waals surface area contributed by atoms with Crippen LogP contribution < -0.4 is 0 Å². The molecule has 0 aliphatic heterocycles. The fraction of sp³-hybridized carbons (Fsp3) is 0. The summed E-state index contributed by atoms with van der Waals surface area (Å²) in [5.74, 6) is 0. The van der Waals surface area contributed by atoms with Gasteiger partial charge in [-0.1, -0.05) is 0 Å². The second-order valence-electron chi connectivity index (χ2n) is 1.41. The van der Waals surface area contributed by atoms with Crippen molar-refractivity contribution in [2.45, 2.75) is 0 Å². The maximum atomic E-state index is 8.56. The van der Waals surface area contributed by atoms with Gasteiger partial charge in [0.15, 0.2) is 0 Å². The average molecular weight is 358 g/mol. The fourth-order valence-corrected chi connectivity index (χ4v) is 0. The molecule has 0 unspecified atom stereocenters. The van der Waals surface area contributed by atoms with Gasteiger partial charge in [-0.2, -0.15) is 0 Å². The Bertz CT molecular complexity index is 211. The van der Waals surface area contributed by atoms with Crippen LogP contribution in [0.3, 0.4) is 0 Å². The summed E-state index contributed by atoms with van der Waals surface area (Å²) in [6, 6.07) is 0. The van der Waals surface area contributed by atoms with Gasteiger partial charge in [-0.3, -0.25) is 0 Å². The zero-order chi connectivity index (χ0) is 17.9. The molecule has 0 saturated heterocycles. The van der Waals surface area contributed by atoms with Gasteiger partial charge >= 0.3 is 89.9 Å². The molecule has 0 aliphatic rings. The van der Waals surface area contributed by atoms with Crippen LogP contribution in [0.5, 0.6) is 0 Å². The molecule has 0 saturated carbocycles. The molecule has 0 heterocycles. The van der Waals surface area contributed by atoms with Crippen molar-refractivity contribution in [1.29, 1.82) is 0 Å². The molecule has 0 fully saturated rings. The summed E-state index contributed by atoms with van der Waals surface area (Å²) in [5, 5.41) is 69.7. The van der Waals surface area contributed by atoms with Crippen molar-refractivity contribution < 1.29 is 75.0 Å². The minimum atomic E-state index is -1.83. The Morgan fingerprint density at radius 1 is 0.318 bits per heavy atom. The molecule has 0 aromatic heterocycles. The third-order valence-corrected chi connectivity index (χ3v) is 0. The summed E-state index contributed by atoms with van der Waals surface area (Å²) < 4.78 is 0. The van der Waals surface area contributed by atoms with E-state index in [1.54, 1.807) is 0 Å². The molecule has 0 bridgehead atoms. The van der Waals surface area contributed by atoms with E-state index in [0.717, 1.165) is 0 Å². The summed E-state index contributed by atoms with van der Waals surface area (Å²) in [6.45, 7) is 0. The van der Waals surface area contributed by atoms with E-state index >= 15 is 0 Å². The van der Waals surface area contributed by atoms with Crippen LogP contribution in [0.1, 0.15) is 0 Å². The molecule has 0 aromatic rings.